The number of benzene rings is 1. The molecule has 0 saturated carbocycles. The first kappa shape index (κ1) is 28.7. The number of piperidine rings is 1. The molecule has 2 unspecified atom stereocenters. The van der Waals surface area contributed by atoms with Crippen LogP contribution in [0.15, 0.2) is 42.6 Å². The number of rotatable bonds is 7. The first-order chi connectivity index (χ1) is 19.0. The Morgan fingerprint density at radius 1 is 0.925 bits per heavy atom. The number of nitrogens with zero attached hydrogens (tertiary/aromatic N) is 4. The maximum Gasteiger partial charge on any atom is 0.417 e. The Morgan fingerprint density at radius 3 is 2.10 bits per heavy atom. The summed E-state index contributed by atoms with van der Waals surface area (Å²) in [6.45, 7) is 13.5. The van der Waals surface area contributed by atoms with Gasteiger partial charge in [-0.15, -0.1) is 0 Å². The molecule has 1 aromatic heterocycles. The molecule has 9 heteroatoms. The van der Waals surface area contributed by atoms with Gasteiger partial charge in [-0.2, -0.15) is 13.2 Å². The Labute approximate surface area is 235 Å². The maximum absolute atomic E-state index is 12.8. The molecule has 40 heavy (non-hydrogen) atoms. The molecule has 0 bridgehead atoms. The number of hydrogen-bond acceptors (Lipinski definition) is 5. The molecule has 6 nitrogen and oxygen atoms in total. The first-order valence-corrected chi connectivity index (χ1v) is 14.6. The molecule has 5 rings (SSSR count). The van der Waals surface area contributed by atoms with Gasteiger partial charge in [-0.25, -0.2) is 4.98 Å². The summed E-state index contributed by atoms with van der Waals surface area (Å²) in [7, 11) is 0. The van der Waals surface area contributed by atoms with E-state index in [1.165, 1.54) is 17.3 Å². The van der Waals surface area contributed by atoms with E-state index in [4.69, 9.17) is 0 Å². The van der Waals surface area contributed by atoms with Crippen molar-refractivity contribution in [3.8, 4) is 0 Å². The molecule has 2 aromatic rings. The average Bonchev–Trinajstić information content (AvgIpc) is 3.48. The van der Waals surface area contributed by atoms with Crippen LogP contribution in [0, 0.1) is 11.8 Å². The lowest BCUT2D eigenvalue weighted by Crippen LogP contribution is -2.42. The molecule has 1 amide bonds. The number of nitrogens with one attached hydrogen (secondary N) is 1. The molecule has 4 heterocycles. The van der Waals surface area contributed by atoms with Gasteiger partial charge in [0.1, 0.15) is 5.82 Å². The molecule has 3 aliphatic rings. The number of halogens is 3. The van der Waals surface area contributed by atoms with Crippen molar-refractivity contribution in [1.29, 1.82) is 0 Å². The molecule has 2 atom stereocenters. The molecule has 218 valence electrons. The summed E-state index contributed by atoms with van der Waals surface area (Å²) in [6, 6.07) is 11.6. The number of anilines is 2. The predicted octanol–water partition coefficient (Wildman–Crippen LogP) is 5.65. The molecule has 3 saturated heterocycles. The zero-order valence-electron chi connectivity index (χ0n) is 23.9. The molecule has 3 aliphatic heterocycles. The number of pyridine rings is 1. The van der Waals surface area contributed by atoms with Crippen molar-refractivity contribution in [2.24, 2.45) is 11.8 Å². The predicted molar refractivity (Wildman–Crippen MR) is 152 cm³/mol. The number of alkyl halides is 3. The molecule has 3 fully saturated rings. The number of aromatic nitrogens is 1. The Morgan fingerprint density at radius 2 is 1.55 bits per heavy atom. The number of carbonyl (C=O) groups excluding carboxylic acids is 1. The van der Waals surface area contributed by atoms with Crippen LogP contribution in [0.5, 0.6) is 0 Å². The summed E-state index contributed by atoms with van der Waals surface area (Å²) < 4.78 is 38.2. The number of carbonyl (C=O) groups is 1. The molecule has 0 spiro atoms. The van der Waals surface area contributed by atoms with Gasteiger partial charge in [0.25, 0.3) is 0 Å². The SMILES string of the molecule is CC(C)(C)c1ccc(N2CC3CN(CCCC(=O)N4CCC(Nc5ccc(C(F)(F)F)cn5)CC4)CC3C2)cc1. The lowest BCUT2D eigenvalue weighted by atomic mass is 9.87. The molecular weight excluding hydrogens is 515 g/mol. The van der Waals surface area contributed by atoms with Crippen molar-refractivity contribution in [1.82, 2.24) is 14.8 Å². The number of amides is 1. The van der Waals surface area contributed by atoms with Gasteiger partial charge in [0.2, 0.25) is 5.91 Å². The Kier molecular flexibility index (Phi) is 8.32. The van der Waals surface area contributed by atoms with E-state index in [9.17, 15) is 18.0 Å². The molecular formula is C31H42F3N5O. The second kappa shape index (κ2) is 11.6. The van der Waals surface area contributed by atoms with Crippen molar-refractivity contribution in [3.63, 3.8) is 0 Å². The second-order valence-corrected chi connectivity index (χ2v) is 12.8. The minimum Gasteiger partial charge on any atom is -0.371 e. The number of fused-ring (bicyclic) bond motifs is 1. The largest absolute Gasteiger partial charge is 0.417 e. The highest BCUT2D eigenvalue weighted by atomic mass is 19.4. The quantitative estimate of drug-likeness (QED) is 0.477. The standard InChI is InChI=1S/C31H42F3N5O/c1-30(2,3)24-6-9-27(10-7-24)39-20-22-18-37(19-23(22)21-39)14-4-5-29(40)38-15-12-26(13-16-38)36-28-11-8-25(17-35-28)31(32,33)34/h6-11,17,22-23,26H,4-5,12-16,18-21H2,1-3H3,(H,35,36). The Hall–Kier alpha value is -2.81. The van der Waals surface area contributed by atoms with Crippen LogP contribution >= 0.6 is 0 Å². The van der Waals surface area contributed by atoms with Crippen LogP contribution in [0.2, 0.25) is 0 Å². The van der Waals surface area contributed by atoms with Gasteiger partial charge in [0.05, 0.1) is 5.56 Å². The lowest BCUT2D eigenvalue weighted by Gasteiger charge is -2.33. The highest BCUT2D eigenvalue weighted by Crippen LogP contribution is 2.35. The van der Waals surface area contributed by atoms with E-state index < -0.39 is 11.7 Å². The van der Waals surface area contributed by atoms with Crippen molar-refractivity contribution in [2.75, 3.05) is 56.0 Å². The van der Waals surface area contributed by atoms with Gasteiger partial charge >= 0.3 is 6.18 Å². The second-order valence-electron chi connectivity index (χ2n) is 12.8. The van der Waals surface area contributed by atoms with E-state index in [0.29, 0.717) is 37.2 Å². The van der Waals surface area contributed by atoms with Crippen molar-refractivity contribution < 1.29 is 18.0 Å². The lowest BCUT2D eigenvalue weighted by molar-refractivity contribution is -0.137. The third-order valence-electron chi connectivity index (χ3n) is 8.82. The number of hydrogen-bond donors (Lipinski definition) is 1. The van der Waals surface area contributed by atoms with E-state index in [0.717, 1.165) is 64.2 Å². The highest BCUT2D eigenvalue weighted by molar-refractivity contribution is 5.76. The van der Waals surface area contributed by atoms with Gasteiger partial charge < -0.3 is 20.0 Å². The number of likely N-dealkylation sites (tertiary alicyclic amines) is 2. The van der Waals surface area contributed by atoms with E-state index in [1.807, 2.05) is 4.90 Å². The molecule has 0 radical (unpaired) electrons. The van der Waals surface area contributed by atoms with Crippen LogP contribution < -0.4 is 10.2 Å². The smallest absolute Gasteiger partial charge is 0.371 e. The Bertz CT molecular complexity index is 1120. The van der Waals surface area contributed by atoms with E-state index in [2.05, 4.69) is 65.1 Å². The minimum atomic E-state index is -4.38. The summed E-state index contributed by atoms with van der Waals surface area (Å²) in [4.78, 5) is 23.7. The summed E-state index contributed by atoms with van der Waals surface area (Å²) in [5.41, 5.74) is 2.12. The van der Waals surface area contributed by atoms with Crippen LogP contribution in [-0.2, 0) is 16.4 Å². The zero-order valence-corrected chi connectivity index (χ0v) is 23.9. The van der Waals surface area contributed by atoms with Crippen LogP contribution in [0.3, 0.4) is 0 Å². The first-order valence-electron chi connectivity index (χ1n) is 14.6. The van der Waals surface area contributed by atoms with Gasteiger partial charge in [-0.05, 0) is 72.9 Å². The minimum absolute atomic E-state index is 0.105. The van der Waals surface area contributed by atoms with Gasteiger partial charge in [-0.1, -0.05) is 32.9 Å². The maximum atomic E-state index is 12.8. The van der Waals surface area contributed by atoms with Crippen molar-refractivity contribution in [2.45, 2.75) is 64.1 Å². The molecule has 0 aliphatic carbocycles. The fourth-order valence-corrected chi connectivity index (χ4v) is 6.40. The van der Waals surface area contributed by atoms with Crippen LogP contribution in [0.4, 0.5) is 24.7 Å². The third-order valence-corrected chi connectivity index (χ3v) is 8.82. The van der Waals surface area contributed by atoms with Gasteiger partial charge in [0, 0.05) is 63.6 Å². The Balaban J connectivity index is 0.983. The third kappa shape index (κ3) is 6.90. The van der Waals surface area contributed by atoms with E-state index >= 15 is 0 Å². The topological polar surface area (TPSA) is 51.7 Å². The monoisotopic (exact) mass is 557 g/mol. The summed E-state index contributed by atoms with van der Waals surface area (Å²) in [6.07, 6.45) is -0.555. The summed E-state index contributed by atoms with van der Waals surface area (Å²) in [5, 5.41) is 3.21. The van der Waals surface area contributed by atoms with Gasteiger partial charge in [-0.3, -0.25) is 4.79 Å². The fourth-order valence-electron chi connectivity index (χ4n) is 6.40. The van der Waals surface area contributed by atoms with Crippen LogP contribution in [0.1, 0.15) is 57.6 Å². The van der Waals surface area contributed by atoms with Crippen LogP contribution in [-0.4, -0.2) is 72.5 Å². The molecule has 1 aromatic carbocycles. The van der Waals surface area contributed by atoms with E-state index in [1.54, 1.807) is 0 Å². The van der Waals surface area contributed by atoms with Crippen molar-refractivity contribution >= 4 is 17.4 Å². The summed E-state index contributed by atoms with van der Waals surface area (Å²) in [5.74, 6) is 2.04. The normalized spacial score (nSPS) is 22.6. The van der Waals surface area contributed by atoms with Gasteiger partial charge in [0.15, 0.2) is 0 Å². The van der Waals surface area contributed by atoms with Crippen LogP contribution in [0.25, 0.3) is 0 Å². The fraction of sp³-hybridized carbons (Fsp3) is 0.613. The molecule has 1 N–H and O–H groups in total. The zero-order chi connectivity index (χ0) is 28.5. The van der Waals surface area contributed by atoms with E-state index in [-0.39, 0.29) is 17.4 Å². The van der Waals surface area contributed by atoms with Crippen molar-refractivity contribution in [3.05, 3.63) is 53.7 Å². The highest BCUT2D eigenvalue weighted by Gasteiger charge is 2.40. The summed E-state index contributed by atoms with van der Waals surface area (Å²) >= 11 is 0. The average molecular weight is 558 g/mol.